The van der Waals surface area contributed by atoms with E-state index in [1.165, 1.54) is 13.0 Å². The second-order valence-electron chi connectivity index (χ2n) is 4.53. The summed E-state index contributed by atoms with van der Waals surface area (Å²) in [5.74, 6) is 0.710. The molecular formula is C11H25Cl2N3O. The van der Waals surface area contributed by atoms with Gasteiger partial charge in [-0.25, -0.2) is 0 Å². The molecule has 1 amide bonds. The van der Waals surface area contributed by atoms with E-state index in [0.29, 0.717) is 12.3 Å². The molecule has 6 heteroatoms. The monoisotopic (exact) mass is 285 g/mol. The zero-order valence-corrected chi connectivity index (χ0v) is 12.3. The normalized spacial score (nSPS) is 21.2. The SMILES string of the molecule is CCN1CCC(CNC(=O)CC(C)N)C1.Cl.Cl. The number of halogens is 2. The molecule has 0 aromatic heterocycles. The number of hydrogen-bond acceptors (Lipinski definition) is 3. The van der Waals surface area contributed by atoms with E-state index in [4.69, 9.17) is 5.73 Å². The van der Waals surface area contributed by atoms with Crippen LogP contribution in [0, 0.1) is 5.92 Å². The van der Waals surface area contributed by atoms with Crippen LogP contribution in [0.2, 0.25) is 0 Å². The molecular weight excluding hydrogens is 261 g/mol. The van der Waals surface area contributed by atoms with Crippen LogP contribution in [0.1, 0.15) is 26.7 Å². The maximum absolute atomic E-state index is 11.4. The van der Waals surface area contributed by atoms with Gasteiger partial charge in [-0.2, -0.15) is 0 Å². The van der Waals surface area contributed by atoms with Gasteiger partial charge in [0.2, 0.25) is 5.91 Å². The van der Waals surface area contributed by atoms with Crippen molar-refractivity contribution in [2.45, 2.75) is 32.7 Å². The van der Waals surface area contributed by atoms with Gasteiger partial charge in [0.15, 0.2) is 0 Å². The third kappa shape index (κ3) is 7.82. The fraction of sp³-hybridized carbons (Fsp3) is 0.909. The highest BCUT2D eigenvalue weighted by molar-refractivity contribution is 5.85. The van der Waals surface area contributed by atoms with Crippen LogP contribution in [0.4, 0.5) is 0 Å². The summed E-state index contributed by atoms with van der Waals surface area (Å²) in [5, 5.41) is 2.95. The third-order valence-electron chi connectivity index (χ3n) is 2.91. The van der Waals surface area contributed by atoms with Gasteiger partial charge in [-0.3, -0.25) is 4.79 Å². The molecule has 4 nitrogen and oxygen atoms in total. The molecule has 0 saturated carbocycles. The van der Waals surface area contributed by atoms with Gasteiger partial charge in [0.05, 0.1) is 0 Å². The summed E-state index contributed by atoms with van der Waals surface area (Å²) in [6, 6.07) is -0.0410. The zero-order valence-electron chi connectivity index (χ0n) is 10.6. The lowest BCUT2D eigenvalue weighted by Gasteiger charge is -2.14. The summed E-state index contributed by atoms with van der Waals surface area (Å²) < 4.78 is 0. The molecule has 3 N–H and O–H groups in total. The number of likely N-dealkylation sites (tertiary alicyclic amines) is 1. The summed E-state index contributed by atoms with van der Waals surface area (Å²) in [7, 11) is 0. The Bertz CT molecular complexity index is 215. The first-order valence-corrected chi connectivity index (χ1v) is 5.86. The molecule has 1 aliphatic rings. The van der Waals surface area contributed by atoms with E-state index in [2.05, 4.69) is 17.1 Å². The Morgan fingerprint density at radius 2 is 2.18 bits per heavy atom. The smallest absolute Gasteiger partial charge is 0.221 e. The third-order valence-corrected chi connectivity index (χ3v) is 2.91. The first-order valence-electron chi connectivity index (χ1n) is 5.86. The van der Waals surface area contributed by atoms with E-state index in [1.54, 1.807) is 0 Å². The van der Waals surface area contributed by atoms with E-state index >= 15 is 0 Å². The Morgan fingerprint density at radius 3 is 2.65 bits per heavy atom. The molecule has 2 atom stereocenters. The molecule has 17 heavy (non-hydrogen) atoms. The molecule has 0 radical (unpaired) electrons. The lowest BCUT2D eigenvalue weighted by atomic mass is 10.1. The van der Waals surface area contributed by atoms with Gasteiger partial charge >= 0.3 is 0 Å². The number of hydrogen-bond donors (Lipinski definition) is 2. The molecule has 0 aromatic rings. The lowest BCUT2D eigenvalue weighted by molar-refractivity contribution is -0.121. The van der Waals surface area contributed by atoms with Gasteiger partial charge < -0.3 is 16.0 Å². The van der Waals surface area contributed by atoms with Gasteiger partial charge in [-0.1, -0.05) is 6.92 Å². The zero-order chi connectivity index (χ0) is 11.3. The second kappa shape index (κ2) is 9.95. The Kier molecular flexibility index (Phi) is 11.3. The minimum atomic E-state index is -0.0410. The molecule has 104 valence electrons. The van der Waals surface area contributed by atoms with Crippen LogP contribution in [0.5, 0.6) is 0 Å². The van der Waals surface area contributed by atoms with E-state index in [1.807, 2.05) is 6.92 Å². The summed E-state index contributed by atoms with van der Waals surface area (Å²) >= 11 is 0. The number of amides is 1. The van der Waals surface area contributed by atoms with Crippen molar-refractivity contribution >= 4 is 30.7 Å². The summed E-state index contributed by atoms with van der Waals surface area (Å²) in [5.41, 5.74) is 5.55. The molecule has 0 bridgehead atoms. The predicted molar refractivity (Wildman–Crippen MR) is 76.0 cm³/mol. The molecule has 0 aromatic carbocycles. The van der Waals surface area contributed by atoms with Crippen molar-refractivity contribution < 1.29 is 4.79 Å². The van der Waals surface area contributed by atoms with Gasteiger partial charge in [0, 0.05) is 25.6 Å². The average molecular weight is 286 g/mol. The van der Waals surface area contributed by atoms with E-state index in [0.717, 1.165) is 19.6 Å². The van der Waals surface area contributed by atoms with E-state index < -0.39 is 0 Å². The Labute approximate surface area is 117 Å². The molecule has 1 heterocycles. The molecule has 0 spiro atoms. The lowest BCUT2D eigenvalue weighted by Crippen LogP contribution is -2.34. The number of rotatable bonds is 5. The predicted octanol–water partition coefficient (Wildman–Crippen LogP) is 1.03. The number of nitrogens with zero attached hydrogens (tertiary/aromatic N) is 1. The fourth-order valence-electron chi connectivity index (χ4n) is 1.99. The van der Waals surface area contributed by atoms with Crippen molar-refractivity contribution in [2.24, 2.45) is 11.7 Å². The van der Waals surface area contributed by atoms with Crippen LogP contribution in [0.15, 0.2) is 0 Å². The standard InChI is InChI=1S/C11H23N3O.2ClH/c1-3-14-5-4-10(8-14)7-13-11(15)6-9(2)12;;/h9-10H,3-8,12H2,1-2H3,(H,13,15);2*1H. The molecule has 1 fully saturated rings. The molecule has 1 rings (SSSR count). The molecule has 1 aliphatic heterocycles. The van der Waals surface area contributed by atoms with Crippen molar-refractivity contribution in [3.8, 4) is 0 Å². The van der Waals surface area contributed by atoms with Gasteiger partial charge in [-0.15, -0.1) is 24.8 Å². The highest BCUT2D eigenvalue weighted by atomic mass is 35.5. The first kappa shape index (κ1) is 19.3. The van der Waals surface area contributed by atoms with Gasteiger partial charge in [0.1, 0.15) is 0 Å². The first-order chi connectivity index (χ1) is 7.11. The molecule has 1 saturated heterocycles. The van der Waals surface area contributed by atoms with E-state index in [-0.39, 0.29) is 36.8 Å². The number of carbonyl (C=O) groups excluding carboxylic acids is 1. The highest BCUT2D eigenvalue weighted by Crippen LogP contribution is 2.14. The fourth-order valence-corrected chi connectivity index (χ4v) is 1.99. The maximum atomic E-state index is 11.4. The summed E-state index contributed by atoms with van der Waals surface area (Å²) in [4.78, 5) is 13.8. The van der Waals surface area contributed by atoms with Crippen molar-refractivity contribution in [3.63, 3.8) is 0 Å². The summed E-state index contributed by atoms with van der Waals surface area (Å²) in [6.07, 6.45) is 1.64. The van der Waals surface area contributed by atoms with Crippen molar-refractivity contribution in [1.82, 2.24) is 10.2 Å². The van der Waals surface area contributed by atoms with Crippen molar-refractivity contribution in [1.29, 1.82) is 0 Å². The minimum Gasteiger partial charge on any atom is -0.356 e. The minimum absolute atomic E-state index is 0. The van der Waals surface area contributed by atoms with Crippen molar-refractivity contribution in [3.05, 3.63) is 0 Å². The largest absolute Gasteiger partial charge is 0.356 e. The Balaban J connectivity index is 0. The van der Waals surface area contributed by atoms with Gasteiger partial charge in [0.25, 0.3) is 0 Å². The Morgan fingerprint density at radius 1 is 1.53 bits per heavy atom. The molecule has 2 unspecified atom stereocenters. The van der Waals surface area contributed by atoms with Crippen LogP contribution in [-0.2, 0) is 4.79 Å². The maximum Gasteiger partial charge on any atom is 0.221 e. The topological polar surface area (TPSA) is 58.4 Å². The number of carbonyl (C=O) groups is 1. The van der Waals surface area contributed by atoms with Crippen molar-refractivity contribution in [2.75, 3.05) is 26.2 Å². The second-order valence-corrected chi connectivity index (χ2v) is 4.53. The highest BCUT2D eigenvalue weighted by Gasteiger charge is 2.21. The van der Waals surface area contributed by atoms with Crippen LogP contribution < -0.4 is 11.1 Å². The van der Waals surface area contributed by atoms with Crippen LogP contribution in [0.3, 0.4) is 0 Å². The number of nitrogens with one attached hydrogen (secondary N) is 1. The van der Waals surface area contributed by atoms with Gasteiger partial charge in [-0.05, 0) is 32.4 Å². The average Bonchev–Trinajstić information content (AvgIpc) is 2.61. The molecule has 0 aliphatic carbocycles. The number of nitrogens with two attached hydrogens (primary N) is 1. The van der Waals surface area contributed by atoms with Crippen LogP contribution in [-0.4, -0.2) is 43.0 Å². The summed E-state index contributed by atoms with van der Waals surface area (Å²) in [6.45, 7) is 8.25. The van der Waals surface area contributed by atoms with E-state index in [9.17, 15) is 4.79 Å². The van der Waals surface area contributed by atoms with Crippen LogP contribution >= 0.6 is 24.8 Å². The quantitative estimate of drug-likeness (QED) is 0.793. The van der Waals surface area contributed by atoms with Crippen LogP contribution in [0.25, 0.3) is 0 Å². The Hall–Kier alpha value is -0.0300.